The Morgan fingerprint density at radius 3 is 2.23 bits per heavy atom. The van der Waals surface area contributed by atoms with Crippen LogP contribution < -0.4 is 5.43 Å². The van der Waals surface area contributed by atoms with Gasteiger partial charge >= 0.3 is 0 Å². The largest absolute Gasteiger partial charge is 0.339 e. The molecule has 1 aliphatic heterocycles. The highest BCUT2D eigenvalue weighted by Gasteiger charge is 2.24. The molecule has 1 aliphatic rings. The molecule has 0 spiro atoms. The van der Waals surface area contributed by atoms with Gasteiger partial charge in [0.1, 0.15) is 6.54 Å². The van der Waals surface area contributed by atoms with Crippen molar-refractivity contribution in [1.82, 2.24) is 19.6 Å². The molecule has 0 atom stereocenters. The lowest BCUT2D eigenvalue weighted by molar-refractivity contribution is -0.140. The SMILES string of the molecule is O=C(CCCc1ccccc1)N1CCN(C(=O)Cn2ncc(=O)c3ccccc32)CC1. The average Bonchev–Trinajstić information content (AvgIpc) is 2.82. The molecule has 2 amide bonds. The minimum atomic E-state index is -0.154. The summed E-state index contributed by atoms with van der Waals surface area (Å²) in [7, 11) is 0. The highest BCUT2D eigenvalue weighted by atomic mass is 16.2. The van der Waals surface area contributed by atoms with Crippen molar-refractivity contribution in [1.29, 1.82) is 0 Å². The Hall–Kier alpha value is -3.48. The van der Waals surface area contributed by atoms with Gasteiger partial charge in [0.05, 0.1) is 11.7 Å². The van der Waals surface area contributed by atoms with Gasteiger partial charge in [-0.2, -0.15) is 5.10 Å². The molecule has 0 unspecified atom stereocenters. The first-order valence-corrected chi connectivity index (χ1v) is 10.7. The predicted molar refractivity (Wildman–Crippen MR) is 119 cm³/mol. The Balaban J connectivity index is 1.28. The number of hydrogen-bond acceptors (Lipinski definition) is 4. The summed E-state index contributed by atoms with van der Waals surface area (Å²) in [6.07, 6.45) is 3.50. The van der Waals surface area contributed by atoms with Crippen LogP contribution in [0.1, 0.15) is 18.4 Å². The van der Waals surface area contributed by atoms with Crippen molar-refractivity contribution >= 4 is 22.7 Å². The summed E-state index contributed by atoms with van der Waals surface area (Å²) in [5, 5.41) is 4.69. The second kappa shape index (κ2) is 9.55. The van der Waals surface area contributed by atoms with Gasteiger partial charge in [0.25, 0.3) is 0 Å². The average molecular weight is 418 g/mol. The van der Waals surface area contributed by atoms with Gasteiger partial charge < -0.3 is 9.80 Å². The summed E-state index contributed by atoms with van der Waals surface area (Å²) in [6, 6.07) is 17.3. The van der Waals surface area contributed by atoms with Gasteiger partial charge in [-0.25, -0.2) is 0 Å². The van der Waals surface area contributed by atoms with E-state index in [1.165, 1.54) is 11.8 Å². The second-order valence-corrected chi connectivity index (χ2v) is 7.78. The molecular weight excluding hydrogens is 392 g/mol. The van der Waals surface area contributed by atoms with Crippen LogP contribution in [0.4, 0.5) is 0 Å². The molecule has 1 saturated heterocycles. The molecule has 1 aromatic heterocycles. The first-order valence-electron chi connectivity index (χ1n) is 10.7. The van der Waals surface area contributed by atoms with Crippen LogP contribution in [0.3, 0.4) is 0 Å². The van der Waals surface area contributed by atoms with Crippen molar-refractivity contribution in [2.24, 2.45) is 0 Å². The molecular formula is C24H26N4O3. The van der Waals surface area contributed by atoms with Gasteiger partial charge in [-0.15, -0.1) is 0 Å². The van der Waals surface area contributed by atoms with Crippen LogP contribution in [0.15, 0.2) is 65.6 Å². The van der Waals surface area contributed by atoms with E-state index in [1.807, 2.05) is 29.2 Å². The summed E-state index contributed by atoms with van der Waals surface area (Å²) >= 11 is 0. The normalized spacial score (nSPS) is 14.1. The monoisotopic (exact) mass is 418 g/mol. The fraction of sp³-hybridized carbons (Fsp3) is 0.333. The van der Waals surface area contributed by atoms with Crippen LogP contribution in [0.25, 0.3) is 10.9 Å². The Kier molecular flexibility index (Phi) is 6.40. The van der Waals surface area contributed by atoms with Crippen LogP contribution >= 0.6 is 0 Å². The molecule has 7 heteroatoms. The Bertz CT molecular complexity index is 1120. The molecule has 7 nitrogen and oxygen atoms in total. The Labute approximate surface area is 180 Å². The highest BCUT2D eigenvalue weighted by Crippen LogP contribution is 2.11. The molecule has 0 saturated carbocycles. The molecule has 31 heavy (non-hydrogen) atoms. The van der Waals surface area contributed by atoms with Crippen LogP contribution in [-0.4, -0.2) is 57.6 Å². The van der Waals surface area contributed by atoms with E-state index in [0.717, 1.165) is 12.8 Å². The van der Waals surface area contributed by atoms with Crippen LogP contribution in [0, 0.1) is 0 Å². The second-order valence-electron chi connectivity index (χ2n) is 7.78. The number of nitrogens with zero attached hydrogens (tertiary/aromatic N) is 4. The lowest BCUT2D eigenvalue weighted by Gasteiger charge is -2.35. The van der Waals surface area contributed by atoms with E-state index in [0.29, 0.717) is 43.5 Å². The van der Waals surface area contributed by atoms with Crippen molar-refractivity contribution in [3.63, 3.8) is 0 Å². The standard InChI is InChI=1S/C24H26N4O3/c29-22-17-25-28(21-11-5-4-10-20(21)22)18-24(31)27-15-13-26(14-16-27)23(30)12-6-9-19-7-2-1-3-8-19/h1-5,7-8,10-11,17H,6,9,12-16,18H2. The number of amides is 2. The van der Waals surface area contributed by atoms with E-state index >= 15 is 0 Å². The van der Waals surface area contributed by atoms with Crippen LogP contribution in [0.2, 0.25) is 0 Å². The summed E-state index contributed by atoms with van der Waals surface area (Å²) in [5.74, 6) is 0.0913. The third-order valence-electron chi connectivity index (χ3n) is 5.73. The predicted octanol–water partition coefficient (Wildman–Crippen LogP) is 2.09. The number of piperazine rings is 1. The summed E-state index contributed by atoms with van der Waals surface area (Å²) in [4.78, 5) is 40.9. The lowest BCUT2D eigenvalue weighted by atomic mass is 10.1. The zero-order chi connectivity index (χ0) is 21.6. The van der Waals surface area contributed by atoms with Crippen molar-refractivity contribution in [3.05, 3.63) is 76.6 Å². The van der Waals surface area contributed by atoms with E-state index in [2.05, 4.69) is 17.2 Å². The maximum atomic E-state index is 12.8. The zero-order valence-corrected chi connectivity index (χ0v) is 17.4. The molecule has 2 aromatic carbocycles. The maximum absolute atomic E-state index is 12.8. The number of carbonyl (C=O) groups excluding carboxylic acids is 2. The fourth-order valence-corrected chi connectivity index (χ4v) is 3.97. The number of carbonyl (C=O) groups is 2. The Morgan fingerprint density at radius 1 is 0.839 bits per heavy atom. The number of aromatic nitrogens is 2. The molecule has 1 fully saturated rings. The molecule has 4 rings (SSSR count). The zero-order valence-electron chi connectivity index (χ0n) is 17.4. The molecule has 0 bridgehead atoms. The summed E-state index contributed by atoms with van der Waals surface area (Å²) in [6.45, 7) is 2.21. The van der Waals surface area contributed by atoms with Gasteiger partial charge in [0.15, 0.2) is 0 Å². The lowest BCUT2D eigenvalue weighted by Crippen LogP contribution is -2.51. The quantitative estimate of drug-likeness (QED) is 0.614. The molecule has 0 radical (unpaired) electrons. The van der Waals surface area contributed by atoms with Gasteiger partial charge in [0, 0.05) is 38.0 Å². The summed E-state index contributed by atoms with van der Waals surface area (Å²) < 4.78 is 1.57. The third-order valence-corrected chi connectivity index (χ3v) is 5.73. The minimum absolute atomic E-state index is 0.0579. The summed E-state index contributed by atoms with van der Waals surface area (Å²) in [5.41, 5.74) is 1.74. The first-order chi connectivity index (χ1) is 15.1. The number of aryl methyl sites for hydroxylation is 1. The molecule has 2 heterocycles. The van der Waals surface area contributed by atoms with Crippen molar-refractivity contribution in [2.75, 3.05) is 26.2 Å². The number of fused-ring (bicyclic) bond motifs is 1. The first kappa shape index (κ1) is 20.8. The van der Waals surface area contributed by atoms with E-state index in [-0.39, 0.29) is 23.8 Å². The van der Waals surface area contributed by atoms with E-state index in [9.17, 15) is 14.4 Å². The van der Waals surface area contributed by atoms with Crippen LogP contribution in [0.5, 0.6) is 0 Å². The van der Waals surface area contributed by atoms with Gasteiger partial charge in [-0.3, -0.25) is 19.1 Å². The van der Waals surface area contributed by atoms with Crippen molar-refractivity contribution in [2.45, 2.75) is 25.8 Å². The molecule has 160 valence electrons. The number of hydrogen-bond donors (Lipinski definition) is 0. The van der Waals surface area contributed by atoms with E-state index in [4.69, 9.17) is 0 Å². The Morgan fingerprint density at radius 2 is 1.48 bits per heavy atom. The van der Waals surface area contributed by atoms with E-state index in [1.54, 1.807) is 27.8 Å². The van der Waals surface area contributed by atoms with Crippen molar-refractivity contribution < 1.29 is 9.59 Å². The molecule has 0 N–H and O–H groups in total. The smallest absolute Gasteiger partial charge is 0.244 e. The molecule has 0 aliphatic carbocycles. The van der Waals surface area contributed by atoms with Crippen LogP contribution in [-0.2, 0) is 22.6 Å². The third kappa shape index (κ3) is 4.99. The van der Waals surface area contributed by atoms with Crippen molar-refractivity contribution in [3.8, 4) is 0 Å². The van der Waals surface area contributed by atoms with Gasteiger partial charge in [0.2, 0.25) is 17.2 Å². The van der Waals surface area contributed by atoms with Gasteiger partial charge in [-0.1, -0.05) is 42.5 Å². The topological polar surface area (TPSA) is 75.5 Å². The van der Waals surface area contributed by atoms with E-state index < -0.39 is 0 Å². The van der Waals surface area contributed by atoms with Gasteiger partial charge in [-0.05, 0) is 30.5 Å². The number of para-hydroxylation sites is 1. The number of rotatable bonds is 6. The molecule has 3 aromatic rings. The highest BCUT2D eigenvalue weighted by molar-refractivity contribution is 5.82. The maximum Gasteiger partial charge on any atom is 0.244 e. The minimum Gasteiger partial charge on any atom is -0.339 e. The number of benzene rings is 2. The fourth-order valence-electron chi connectivity index (χ4n) is 3.97.